The lowest BCUT2D eigenvalue weighted by Gasteiger charge is -2.19. The highest BCUT2D eigenvalue weighted by Crippen LogP contribution is 2.17. The second-order valence-electron chi connectivity index (χ2n) is 5.84. The molecule has 1 aromatic rings. The first-order chi connectivity index (χ1) is 9.56. The molecule has 1 aromatic heterocycles. The number of nitrogens with zero attached hydrogens (tertiary/aromatic N) is 1. The molecule has 0 aliphatic heterocycles. The van der Waals surface area contributed by atoms with Crippen LogP contribution in [0.1, 0.15) is 44.3 Å². The van der Waals surface area contributed by atoms with Crippen molar-refractivity contribution in [3.63, 3.8) is 0 Å². The zero-order valence-corrected chi connectivity index (χ0v) is 13.5. The van der Waals surface area contributed by atoms with Gasteiger partial charge in [0.25, 0.3) is 0 Å². The van der Waals surface area contributed by atoms with Crippen LogP contribution in [0.15, 0.2) is 23.1 Å². The fourth-order valence-electron chi connectivity index (χ4n) is 2.29. The van der Waals surface area contributed by atoms with Crippen molar-refractivity contribution in [2.45, 2.75) is 47.2 Å². The number of rotatable bonds is 10. The van der Waals surface area contributed by atoms with Crippen molar-refractivity contribution in [3.05, 3.63) is 35.8 Å². The predicted molar refractivity (Wildman–Crippen MR) is 85.8 cm³/mol. The molecule has 0 unspecified atom stereocenters. The van der Waals surface area contributed by atoms with Gasteiger partial charge < -0.3 is 9.73 Å². The van der Waals surface area contributed by atoms with E-state index < -0.39 is 0 Å². The summed E-state index contributed by atoms with van der Waals surface area (Å²) in [6.07, 6.45) is 3.13. The number of hydrogen-bond donors (Lipinski definition) is 1. The van der Waals surface area contributed by atoms with E-state index in [-0.39, 0.29) is 0 Å². The van der Waals surface area contributed by atoms with E-state index in [4.69, 9.17) is 4.42 Å². The second kappa shape index (κ2) is 8.98. The van der Waals surface area contributed by atoms with Crippen molar-refractivity contribution in [1.82, 2.24) is 10.2 Å². The van der Waals surface area contributed by atoms with Crippen LogP contribution in [0.4, 0.5) is 0 Å². The molecule has 114 valence electrons. The first-order valence-corrected chi connectivity index (χ1v) is 7.69. The molecule has 0 saturated carbocycles. The molecule has 1 rings (SSSR count). The van der Waals surface area contributed by atoms with Gasteiger partial charge in [-0.3, -0.25) is 4.90 Å². The Labute approximate surface area is 124 Å². The molecule has 0 saturated heterocycles. The topological polar surface area (TPSA) is 28.4 Å². The first-order valence-electron chi connectivity index (χ1n) is 7.69. The van der Waals surface area contributed by atoms with Gasteiger partial charge in [-0.25, -0.2) is 0 Å². The van der Waals surface area contributed by atoms with Gasteiger partial charge in [0.05, 0.1) is 6.54 Å². The zero-order chi connectivity index (χ0) is 15.0. The van der Waals surface area contributed by atoms with Crippen LogP contribution < -0.4 is 5.32 Å². The van der Waals surface area contributed by atoms with Gasteiger partial charge in [-0.2, -0.15) is 0 Å². The highest BCUT2D eigenvalue weighted by atomic mass is 16.3. The zero-order valence-electron chi connectivity index (χ0n) is 13.5. The van der Waals surface area contributed by atoms with Gasteiger partial charge in [-0.1, -0.05) is 26.8 Å². The van der Waals surface area contributed by atoms with Crippen LogP contribution in [-0.4, -0.2) is 24.5 Å². The smallest absolute Gasteiger partial charge is 0.118 e. The summed E-state index contributed by atoms with van der Waals surface area (Å²) in [6.45, 7) is 17.3. The minimum absolute atomic E-state index is 0.665. The molecule has 0 atom stereocenters. The Bertz CT molecular complexity index is 396. The Hall–Kier alpha value is -1.06. The average molecular weight is 278 g/mol. The van der Waals surface area contributed by atoms with Crippen molar-refractivity contribution >= 4 is 0 Å². The molecule has 0 spiro atoms. The van der Waals surface area contributed by atoms with Crippen LogP contribution in [-0.2, 0) is 13.1 Å². The van der Waals surface area contributed by atoms with Gasteiger partial charge in [0, 0.05) is 18.7 Å². The third-order valence-electron chi connectivity index (χ3n) is 3.24. The maximum atomic E-state index is 5.84. The number of nitrogens with one attached hydrogen (secondary N) is 1. The van der Waals surface area contributed by atoms with Gasteiger partial charge >= 0.3 is 0 Å². The highest BCUT2D eigenvalue weighted by Gasteiger charge is 2.11. The Kier molecular flexibility index (Phi) is 7.63. The largest absolute Gasteiger partial charge is 0.465 e. The summed E-state index contributed by atoms with van der Waals surface area (Å²) < 4.78 is 5.84. The molecule has 1 N–H and O–H groups in total. The Balaban J connectivity index is 2.57. The number of furan rings is 1. The molecule has 0 fully saturated rings. The van der Waals surface area contributed by atoms with Gasteiger partial charge in [-0.15, -0.1) is 6.58 Å². The van der Waals surface area contributed by atoms with E-state index >= 15 is 0 Å². The molecule has 3 nitrogen and oxygen atoms in total. The second-order valence-corrected chi connectivity index (χ2v) is 5.84. The molecule has 0 aliphatic rings. The fourth-order valence-corrected chi connectivity index (χ4v) is 2.29. The first kappa shape index (κ1) is 17.0. The van der Waals surface area contributed by atoms with Gasteiger partial charge in [-0.05, 0) is 38.4 Å². The molecular weight excluding hydrogens is 248 g/mol. The summed E-state index contributed by atoms with van der Waals surface area (Å²) in [6, 6.07) is 2.19. The van der Waals surface area contributed by atoms with Crippen LogP contribution in [0.5, 0.6) is 0 Å². The molecular formula is C17H30N2O. The lowest BCUT2D eigenvalue weighted by Crippen LogP contribution is -2.24. The Morgan fingerprint density at radius 3 is 2.80 bits per heavy atom. The number of hydrogen-bond acceptors (Lipinski definition) is 3. The van der Waals surface area contributed by atoms with Crippen LogP contribution in [0, 0.1) is 12.8 Å². The van der Waals surface area contributed by atoms with Gasteiger partial charge in [0.15, 0.2) is 0 Å². The van der Waals surface area contributed by atoms with E-state index in [1.165, 1.54) is 5.56 Å². The summed E-state index contributed by atoms with van der Waals surface area (Å²) in [5.74, 6) is 2.74. The van der Waals surface area contributed by atoms with Crippen molar-refractivity contribution < 1.29 is 4.42 Å². The molecule has 0 radical (unpaired) electrons. The normalized spacial score (nSPS) is 11.5. The quantitative estimate of drug-likeness (QED) is 0.661. The maximum Gasteiger partial charge on any atom is 0.118 e. The average Bonchev–Trinajstić information content (AvgIpc) is 2.70. The van der Waals surface area contributed by atoms with E-state index in [0.717, 1.165) is 50.7 Å². The third kappa shape index (κ3) is 5.93. The van der Waals surface area contributed by atoms with Crippen LogP contribution >= 0.6 is 0 Å². The molecule has 1 heterocycles. The van der Waals surface area contributed by atoms with Crippen molar-refractivity contribution in [1.29, 1.82) is 0 Å². The summed E-state index contributed by atoms with van der Waals surface area (Å²) in [5.41, 5.74) is 1.29. The molecule has 0 bridgehead atoms. The molecule has 3 heteroatoms. The van der Waals surface area contributed by atoms with Gasteiger partial charge in [0.1, 0.15) is 11.5 Å². The van der Waals surface area contributed by atoms with Crippen LogP contribution in [0.3, 0.4) is 0 Å². The molecule has 0 amide bonds. The van der Waals surface area contributed by atoms with Gasteiger partial charge in [0.2, 0.25) is 0 Å². The SMILES string of the molecule is C=CCN(CCC)Cc1cc(CNCC(C)C)oc1C. The van der Waals surface area contributed by atoms with E-state index in [0.29, 0.717) is 5.92 Å². The maximum absolute atomic E-state index is 5.84. The Morgan fingerprint density at radius 2 is 2.20 bits per heavy atom. The summed E-state index contributed by atoms with van der Waals surface area (Å²) >= 11 is 0. The minimum atomic E-state index is 0.665. The molecule has 0 aliphatic carbocycles. The summed E-state index contributed by atoms with van der Waals surface area (Å²) in [5, 5.41) is 3.42. The van der Waals surface area contributed by atoms with E-state index in [1.807, 2.05) is 6.08 Å². The van der Waals surface area contributed by atoms with E-state index in [9.17, 15) is 0 Å². The summed E-state index contributed by atoms with van der Waals surface area (Å²) in [4.78, 5) is 2.40. The lowest BCUT2D eigenvalue weighted by atomic mass is 10.2. The van der Waals surface area contributed by atoms with Crippen LogP contribution in [0.25, 0.3) is 0 Å². The predicted octanol–water partition coefficient (Wildman–Crippen LogP) is 3.73. The standard InChI is InChI=1S/C17H30N2O/c1-6-8-19(9-7-2)13-16-10-17(20-15(16)5)12-18-11-14(3)4/h6,10,14,18H,1,7-9,11-13H2,2-5H3. The van der Waals surface area contributed by atoms with Crippen molar-refractivity contribution in [2.24, 2.45) is 5.92 Å². The molecule has 20 heavy (non-hydrogen) atoms. The minimum Gasteiger partial charge on any atom is -0.465 e. The Morgan fingerprint density at radius 1 is 1.45 bits per heavy atom. The van der Waals surface area contributed by atoms with Crippen molar-refractivity contribution in [2.75, 3.05) is 19.6 Å². The van der Waals surface area contributed by atoms with E-state index in [1.54, 1.807) is 0 Å². The highest BCUT2D eigenvalue weighted by molar-refractivity contribution is 5.20. The summed E-state index contributed by atoms with van der Waals surface area (Å²) in [7, 11) is 0. The monoisotopic (exact) mass is 278 g/mol. The van der Waals surface area contributed by atoms with E-state index in [2.05, 4.69) is 50.6 Å². The fraction of sp³-hybridized carbons (Fsp3) is 0.647. The lowest BCUT2D eigenvalue weighted by molar-refractivity contribution is 0.293. The third-order valence-corrected chi connectivity index (χ3v) is 3.24. The molecule has 0 aromatic carbocycles. The van der Waals surface area contributed by atoms with Crippen LogP contribution in [0.2, 0.25) is 0 Å². The number of aryl methyl sites for hydroxylation is 1. The van der Waals surface area contributed by atoms with Crippen molar-refractivity contribution in [3.8, 4) is 0 Å².